The molecule has 1 fully saturated rings. The van der Waals surface area contributed by atoms with Gasteiger partial charge < -0.3 is 25.4 Å². The van der Waals surface area contributed by atoms with Gasteiger partial charge in [-0.25, -0.2) is 9.18 Å². The van der Waals surface area contributed by atoms with Crippen LogP contribution in [0.4, 0.5) is 14.9 Å². The summed E-state index contributed by atoms with van der Waals surface area (Å²) in [5.41, 5.74) is 7.50. The number of ether oxygens (including phenoxy) is 2. The predicted molar refractivity (Wildman–Crippen MR) is 152 cm³/mol. The van der Waals surface area contributed by atoms with E-state index in [4.69, 9.17) is 26.8 Å². The number of ketones is 1. The number of nitrogens with two attached hydrogens (primary N) is 1. The smallest absolute Gasteiger partial charge is 0.323 e. The Balaban J connectivity index is 1.54. The van der Waals surface area contributed by atoms with Gasteiger partial charge in [0.05, 0.1) is 16.8 Å². The number of halogens is 2. The van der Waals surface area contributed by atoms with Crippen LogP contribution in [0.25, 0.3) is 0 Å². The molecule has 0 saturated carbocycles. The molecule has 0 spiro atoms. The van der Waals surface area contributed by atoms with Gasteiger partial charge in [-0.2, -0.15) is 0 Å². The van der Waals surface area contributed by atoms with Gasteiger partial charge in [0, 0.05) is 16.6 Å². The zero-order valence-electron chi connectivity index (χ0n) is 21.3. The number of nitrogens with one attached hydrogen (secondary N) is 1. The number of fused-ring (bicyclic) bond motifs is 1. The Kier molecular flexibility index (Phi) is 7.10. The zero-order valence-corrected chi connectivity index (χ0v) is 22.9. The highest BCUT2D eigenvalue weighted by Crippen LogP contribution is 2.52. The molecular formula is C30H23ClFN3O5S. The molecule has 1 aromatic heterocycles. The number of urea groups is 1. The van der Waals surface area contributed by atoms with E-state index in [0.717, 1.165) is 0 Å². The first-order valence-electron chi connectivity index (χ1n) is 12.7. The van der Waals surface area contributed by atoms with Crippen molar-refractivity contribution >= 4 is 46.3 Å². The number of rotatable bonds is 6. The number of primary amides is 1. The second kappa shape index (κ2) is 10.9. The van der Waals surface area contributed by atoms with Crippen LogP contribution in [-0.4, -0.2) is 35.5 Å². The summed E-state index contributed by atoms with van der Waals surface area (Å²) in [5, 5.41) is 5.02. The number of amides is 3. The molecule has 11 heteroatoms. The zero-order chi connectivity index (χ0) is 28.7. The third-order valence-electron chi connectivity index (χ3n) is 7.35. The minimum atomic E-state index is -1.22. The summed E-state index contributed by atoms with van der Waals surface area (Å²) in [6.07, 6.45) is 0. The summed E-state index contributed by atoms with van der Waals surface area (Å²) in [4.78, 5) is 43.4. The number of likely N-dealkylation sites (tertiary alicyclic amines) is 1. The highest BCUT2D eigenvalue weighted by atomic mass is 35.5. The fourth-order valence-corrected chi connectivity index (χ4v) is 6.47. The van der Waals surface area contributed by atoms with Gasteiger partial charge in [0.25, 0.3) is 0 Å². The van der Waals surface area contributed by atoms with Crippen LogP contribution in [0, 0.1) is 11.7 Å². The second-order valence-corrected chi connectivity index (χ2v) is 11.1. The van der Waals surface area contributed by atoms with E-state index >= 15 is 0 Å². The molecule has 1 saturated heterocycles. The number of thiophene rings is 1. The van der Waals surface area contributed by atoms with Gasteiger partial charge in [0.2, 0.25) is 12.7 Å². The van der Waals surface area contributed by atoms with Crippen LogP contribution < -0.4 is 20.5 Å². The van der Waals surface area contributed by atoms with Crippen LogP contribution in [-0.2, 0) is 4.79 Å². The summed E-state index contributed by atoms with van der Waals surface area (Å²) in [6.45, 7) is 0.0348. The minimum absolute atomic E-state index is 0.0348. The van der Waals surface area contributed by atoms with E-state index in [9.17, 15) is 18.8 Å². The van der Waals surface area contributed by atoms with Gasteiger partial charge in [-0.1, -0.05) is 35.9 Å². The Labute approximate surface area is 243 Å². The van der Waals surface area contributed by atoms with Crippen molar-refractivity contribution in [2.45, 2.75) is 18.0 Å². The van der Waals surface area contributed by atoms with E-state index in [-0.39, 0.29) is 12.6 Å². The van der Waals surface area contributed by atoms with Crippen molar-refractivity contribution in [3.05, 3.63) is 111 Å². The van der Waals surface area contributed by atoms with E-state index in [0.29, 0.717) is 38.2 Å². The molecule has 4 atom stereocenters. The molecule has 3 heterocycles. The summed E-state index contributed by atoms with van der Waals surface area (Å²) in [5.74, 6) is -2.25. The number of hydrogen-bond acceptors (Lipinski definition) is 6. The van der Waals surface area contributed by atoms with Gasteiger partial charge in [0.1, 0.15) is 11.9 Å². The van der Waals surface area contributed by atoms with Crippen molar-refractivity contribution in [2.75, 3.05) is 12.1 Å². The van der Waals surface area contributed by atoms with Gasteiger partial charge in [-0.15, -0.1) is 11.3 Å². The average Bonchev–Trinajstić information content (AvgIpc) is 3.73. The summed E-state index contributed by atoms with van der Waals surface area (Å²) < 4.78 is 24.7. The lowest BCUT2D eigenvalue weighted by molar-refractivity contribution is -0.122. The Morgan fingerprint density at radius 3 is 2.34 bits per heavy atom. The molecule has 0 radical (unpaired) electrons. The number of carbonyl (C=O) groups excluding carboxylic acids is 3. The fourth-order valence-electron chi connectivity index (χ4n) is 5.63. The quantitative estimate of drug-likeness (QED) is 0.267. The molecule has 8 nitrogen and oxygen atoms in total. The van der Waals surface area contributed by atoms with Gasteiger partial charge in [0.15, 0.2) is 17.3 Å². The van der Waals surface area contributed by atoms with Crippen molar-refractivity contribution < 1.29 is 28.2 Å². The summed E-state index contributed by atoms with van der Waals surface area (Å²) in [7, 11) is 0. The molecular weight excluding hydrogens is 569 g/mol. The second-order valence-electron chi connectivity index (χ2n) is 9.69. The van der Waals surface area contributed by atoms with Gasteiger partial charge in [-0.3, -0.25) is 9.59 Å². The van der Waals surface area contributed by atoms with E-state index < -0.39 is 41.7 Å². The fraction of sp³-hybridized carbons (Fsp3) is 0.167. The normalized spacial score (nSPS) is 21.1. The molecule has 2 aliphatic heterocycles. The minimum Gasteiger partial charge on any atom is -0.454 e. The lowest BCUT2D eigenvalue weighted by Gasteiger charge is -2.31. The first-order chi connectivity index (χ1) is 19.8. The Morgan fingerprint density at radius 1 is 0.951 bits per heavy atom. The van der Waals surface area contributed by atoms with Crippen molar-refractivity contribution in [3.63, 3.8) is 0 Å². The average molecular weight is 592 g/mol. The van der Waals surface area contributed by atoms with Crippen LogP contribution in [0.15, 0.2) is 84.2 Å². The third-order valence-corrected chi connectivity index (χ3v) is 8.48. The molecule has 3 amide bonds. The monoisotopic (exact) mass is 591 g/mol. The molecule has 3 aromatic carbocycles. The number of nitrogens with zero attached hydrogens (tertiary/aromatic N) is 1. The number of benzene rings is 3. The van der Waals surface area contributed by atoms with Crippen LogP contribution in [0.3, 0.4) is 0 Å². The van der Waals surface area contributed by atoms with Crippen molar-refractivity contribution in [3.8, 4) is 11.5 Å². The number of hydrogen-bond donors (Lipinski definition) is 2. The Bertz CT molecular complexity index is 1610. The van der Waals surface area contributed by atoms with Crippen molar-refractivity contribution in [1.82, 2.24) is 4.90 Å². The molecule has 0 aliphatic carbocycles. The van der Waals surface area contributed by atoms with Gasteiger partial charge >= 0.3 is 6.03 Å². The van der Waals surface area contributed by atoms with E-state index in [1.54, 1.807) is 60.0 Å². The number of anilines is 1. The standard InChI is InChI=1S/C30H23ClFN3O5S/c31-18-6-3-16(4-7-18)24-25(28(36)23-2-1-13-41-23)26(17-5-12-21-22(14-17)40-15-39-21)35(27(24)29(33)37)30(38)34-20-10-8-19(32)9-11-20/h1-14,24-27H,15H2,(H2,33,37)(H,34,38). The van der Waals surface area contributed by atoms with Crippen LogP contribution >= 0.6 is 22.9 Å². The van der Waals surface area contributed by atoms with E-state index in [1.165, 1.54) is 40.5 Å². The molecule has 6 rings (SSSR count). The van der Waals surface area contributed by atoms with Gasteiger partial charge in [-0.05, 0) is 71.1 Å². The Hall–Kier alpha value is -4.41. The number of carbonyl (C=O) groups is 3. The highest BCUT2D eigenvalue weighted by molar-refractivity contribution is 7.12. The van der Waals surface area contributed by atoms with E-state index in [2.05, 4.69) is 5.32 Å². The lowest BCUT2D eigenvalue weighted by Crippen LogP contribution is -2.48. The maximum atomic E-state index is 14.3. The van der Waals surface area contributed by atoms with Crippen molar-refractivity contribution in [2.24, 2.45) is 11.7 Å². The van der Waals surface area contributed by atoms with Crippen LogP contribution in [0.5, 0.6) is 11.5 Å². The molecule has 2 aliphatic rings. The first-order valence-corrected chi connectivity index (χ1v) is 13.9. The summed E-state index contributed by atoms with van der Waals surface area (Å²) in [6, 6.07) is 17.8. The topological polar surface area (TPSA) is 111 Å². The third kappa shape index (κ3) is 5.00. The molecule has 0 bridgehead atoms. The predicted octanol–water partition coefficient (Wildman–Crippen LogP) is 5.99. The largest absolute Gasteiger partial charge is 0.454 e. The van der Waals surface area contributed by atoms with E-state index in [1.807, 2.05) is 0 Å². The maximum Gasteiger partial charge on any atom is 0.323 e. The highest BCUT2D eigenvalue weighted by Gasteiger charge is 2.57. The summed E-state index contributed by atoms with van der Waals surface area (Å²) >= 11 is 7.44. The molecule has 208 valence electrons. The maximum absolute atomic E-state index is 14.3. The molecule has 4 unspecified atom stereocenters. The SMILES string of the molecule is NC(=O)C1C(c2ccc(Cl)cc2)C(C(=O)c2cccs2)C(c2ccc3c(c2)OCO3)N1C(=O)Nc1ccc(F)cc1. The first kappa shape index (κ1) is 26.8. The number of Topliss-reactive ketones (excluding diaryl/α,β-unsaturated/α-hetero) is 1. The molecule has 41 heavy (non-hydrogen) atoms. The Morgan fingerprint density at radius 2 is 1.66 bits per heavy atom. The van der Waals surface area contributed by atoms with Crippen LogP contribution in [0.2, 0.25) is 5.02 Å². The molecule has 3 N–H and O–H groups in total. The lowest BCUT2D eigenvalue weighted by atomic mass is 9.77. The van der Waals surface area contributed by atoms with Crippen LogP contribution in [0.1, 0.15) is 32.8 Å². The molecule has 4 aromatic rings. The van der Waals surface area contributed by atoms with Crippen molar-refractivity contribution in [1.29, 1.82) is 0 Å².